The molecule has 1 fully saturated rings. The number of amides is 2. The number of nitrogens with one attached hydrogen (secondary N) is 3. The van der Waals surface area contributed by atoms with Crippen LogP contribution >= 0.6 is 0 Å². The van der Waals surface area contributed by atoms with Crippen molar-refractivity contribution in [3.05, 3.63) is 47.4 Å². The number of fused-ring (bicyclic) bond motifs is 6. The van der Waals surface area contributed by atoms with Crippen LogP contribution < -0.4 is 10.9 Å². The molecule has 8 heteroatoms. The summed E-state index contributed by atoms with van der Waals surface area (Å²) in [5.41, 5.74) is 9.18. The van der Waals surface area contributed by atoms with Crippen molar-refractivity contribution in [2.75, 3.05) is 19.7 Å². The van der Waals surface area contributed by atoms with Gasteiger partial charge in [-0.05, 0) is 38.3 Å². The van der Waals surface area contributed by atoms with Crippen molar-refractivity contribution in [2.24, 2.45) is 11.8 Å². The number of aromatic nitrogens is 1. The summed E-state index contributed by atoms with van der Waals surface area (Å²) in [6.45, 7) is 5.89. The molecule has 2 amide bonds. The molecule has 0 saturated carbocycles. The van der Waals surface area contributed by atoms with E-state index in [9.17, 15) is 9.59 Å². The van der Waals surface area contributed by atoms with Crippen LogP contribution in [-0.4, -0.2) is 47.7 Å². The summed E-state index contributed by atoms with van der Waals surface area (Å²) in [5.74, 6) is -0.0852. The molecular weight excluding hydrogens is 396 g/mol. The molecule has 3 aliphatic heterocycles. The maximum Gasteiger partial charge on any atom is 0.426 e. The van der Waals surface area contributed by atoms with Crippen LogP contribution in [-0.2, 0) is 20.7 Å². The highest BCUT2D eigenvalue weighted by Gasteiger charge is 2.46. The maximum atomic E-state index is 12.9. The van der Waals surface area contributed by atoms with Gasteiger partial charge in [-0.3, -0.25) is 15.1 Å². The number of ether oxygens (including phenoxy) is 2. The van der Waals surface area contributed by atoms with Crippen LogP contribution in [0.1, 0.15) is 37.6 Å². The second-order valence-corrected chi connectivity index (χ2v) is 8.54. The Bertz CT molecular complexity index is 1050. The molecule has 1 aromatic heterocycles. The van der Waals surface area contributed by atoms with E-state index in [1.54, 1.807) is 13.2 Å². The van der Waals surface area contributed by atoms with E-state index < -0.39 is 6.09 Å². The number of nitrogens with zero attached hydrogens (tertiary/aromatic N) is 1. The number of aromatic amines is 1. The third kappa shape index (κ3) is 3.44. The number of carbonyl (C=O) groups is 2. The zero-order chi connectivity index (χ0) is 21.5. The van der Waals surface area contributed by atoms with E-state index in [1.807, 2.05) is 0 Å². The van der Waals surface area contributed by atoms with Crippen molar-refractivity contribution >= 4 is 22.9 Å². The van der Waals surface area contributed by atoms with Crippen LogP contribution in [0.4, 0.5) is 4.79 Å². The number of carbonyl (C=O) groups excluding carboxylic acids is 2. The average Bonchev–Trinajstić information content (AvgIpc) is 3.16. The van der Waals surface area contributed by atoms with Gasteiger partial charge in [0.05, 0.1) is 30.6 Å². The summed E-state index contributed by atoms with van der Waals surface area (Å²) in [6, 6.07) is 8.68. The van der Waals surface area contributed by atoms with Gasteiger partial charge in [0, 0.05) is 41.5 Å². The number of hydrogen-bond acceptors (Lipinski definition) is 5. The fourth-order valence-corrected chi connectivity index (χ4v) is 5.44. The van der Waals surface area contributed by atoms with Crippen molar-refractivity contribution in [3.63, 3.8) is 0 Å². The summed E-state index contributed by atoms with van der Waals surface area (Å²) < 4.78 is 10.6. The molecule has 0 aliphatic carbocycles. The third-order valence-corrected chi connectivity index (χ3v) is 6.94. The number of hydrazine groups is 1. The van der Waals surface area contributed by atoms with E-state index in [0.29, 0.717) is 5.57 Å². The quantitative estimate of drug-likeness (QED) is 0.645. The Hall–Kier alpha value is -3.00. The van der Waals surface area contributed by atoms with Gasteiger partial charge in [0.15, 0.2) is 0 Å². The highest BCUT2D eigenvalue weighted by Crippen LogP contribution is 2.47. The first-order valence-corrected chi connectivity index (χ1v) is 11.0. The second-order valence-electron chi connectivity index (χ2n) is 8.54. The molecule has 1 saturated heterocycles. The zero-order valence-electron chi connectivity index (χ0n) is 17.8. The van der Waals surface area contributed by atoms with Crippen LogP contribution in [0.5, 0.6) is 0 Å². The van der Waals surface area contributed by atoms with Gasteiger partial charge in [-0.25, -0.2) is 10.2 Å². The predicted octanol–water partition coefficient (Wildman–Crippen LogP) is 2.78. The molecule has 3 aliphatic rings. The number of piperidine rings is 1. The van der Waals surface area contributed by atoms with Crippen molar-refractivity contribution in [1.82, 2.24) is 20.7 Å². The van der Waals surface area contributed by atoms with Gasteiger partial charge in [-0.1, -0.05) is 18.2 Å². The number of hydrogen-bond donors (Lipinski definition) is 3. The first-order chi connectivity index (χ1) is 15.1. The lowest BCUT2D eigenvalue weighted by Crippen LogP contribution is -2.53. The van der Waals surface area contributed by atoms with Crippen LogP contribution in [0, 0.1) is 11.8 Å². The molecule has 4 atom stereocenters. The van der Waals surface area contributed by atoms with Gasteiger partial charge in [-0.15, -0.1) is 0 Å². The van der Waals surface area contributed by atoms with Crippen molar-refractivity contribution in [3.8, 4) is 0 Å². The van der Waals surface area contributed by atoms with Crippen molar-refractivity contribution in [1.29, 1.82) is 0 Å². The van der Waals surface area contributed by atoms with Gasteiger partial charge < -0.3 is 14.5 Å². The molecule has 0 radical (unpaired) electrons. The minimum absolute atomic E-state index is 0.0321. The molecule has 164 valence electrons. The Labute approximate surface area is 180 Å². The lowest BCUT2D eigenvalue weighted by Gasteiger charge is -2.49. The van der Waals surface area contributed by atoms with Crippen molar-refractivity contribution in [2.45, 2.75) is 38.8 Å². The van der Waals surface area contributed by atoms with E-state index >= 15 is 0 Å². The minimum Gasteiger partial charge on any atom is -0.497 e. The predicted molar refractivity (Wildman–Crippen MR) is 115 cm³/mol. The van der Waals surface area contributed by atoms with Gasteiger partial charge in [-0.2, -0.15) is 0 Å². The summed E-state index contributed by atoms with van der Waals surface area (Å²) in [7, 11) is 0. The number of H-pyrrole nitrogens is 1. The lowest BCUT2D eigenvalue weighted by molar-refractivity contribution is -0.121. The Morgan fingerprint density at radius 3 is 2.97 bits per heavy atom. The molecule has 5 rings (SSSR count). The first-order valence-electron chi connectivity index (χ1n) is 11.0. The summed E-state index contributed by atoms with van der Waals surface area (Å²) >= 11 is 0. The minimum atomic E-state index is -0.678. The Kier molecular flexibility index (Phi) is 5.09. The van der Waals surface area contributed by atoms with Gasteiger partial charge >= 0.3 is 6.09 Å². The smallest absolute Gasteiger partial charge is 0.426 e. The topological polar surface area (TPSA) is 95.7 Å². The third-order valence-electron chi connectivity index (χ3n) is 6.94. The van der Waals surface area contributed by atoms with Crippen LogP contribution in [0.25, 0.3) is 10.9 Å². The number of benzene rings is 1. The highest BCUT2D eigenvalue weighted by atomic mass is 16.6. The maximum absolute atomic E-state index is 12.9. The fraction of sp³-hybridized carbons (Fsp3) is 0.478. The normalized spacial score (nSPS) is 27.2. The molecule has 1 aromatic carbocycles. The molecule has 31 heavy (non-hydrogen) atoms. The molecule has 8 nitrogen and oxygen atoms in total. The second kappa shape index (κ2) is 7.92. The molecule has 2 aromatic rings. The highest BCUT2D eigenvalue weighted by molar-refractivity contribution is 5.94. The Balaban J connectivity index is 1.40. The molecule has 0 spiro atoms. The zero-order valence-corrected chi connectivity index (χ0v) is 17.8. The van der Waals surface area contributed by atoms with E-state index in [4.69, 9.17) is 9.47 Å². The van der Waals surface area contributed by atoms with Crippen LogP contribution in [0.15, 0.2) is 36.1 Å². The summed E-state index contributed by atoms with van der Waals surface area (Å²) in [6.07, 6.45) is 2.78. The van der Waals surface area contributed by atoms with Crippen LogP contribution in [0.2, 0.25) is 0 Å². The van der Waals surface area contributed by atoms with Crippen LogP contribution in [0.3, 0.4) is 0 Å². The average molecular weight is 425 g/mol. The first kappa shape index (κ1) is 19.9. The molecular formula is C23H28N4O4. The van der Waals surface area contributed by atoms with Crippen molar-refractivity contribution < 1.29 is 19.1 Å². The van der Waals surface area contributed by atoms with Gasteiger partial charge in [0.1, 0.15) is 0 Å². The van der Waals surface area contributed by atoms with E-state index in [-0.39, 0.29) is 36.5 Å². The standard InChI is InChI=1S/C23H28N4O4/c1-3-30-23(29)26-25-22(28)18-12-31-13(2)17-11-27-9-8-15-14-6-4-5-7-19(14)24-21(15)20(27)10-16(17)18/h4-7,12-13,16-17,20,24H,3,8-11H2,1-2H3,(H,25,28)(H,26,29)/t13-,16-,17-,20-/m0/s1. The molecule has 3 N–H and O–H groups in total. The fourth-order valence-electron chi connectivity index (χ4n) is 5.44. The van der Waals surface area contributed by atoms with Gasteiger partial charge in [0.25, 0.3) is 5.91 Å². The molecule has 4 heterocycles. The van der Waals surface area contributed by atoms with E-state index in [2.05, 4.69) is 51.9 Å². The summed E-state index contributed by atoms with van der Waals surface area (Å²) in [5, 5.41) is 1.30. The molecule has 0 bridgehead atoms. The number of rotatable bonds is 2. The van der Waals surface area contributed by atoms with E-state index in [0.717, 1.165) is 25.9 Å². The lowest BCUT2D eigenvalue weighted by atomic mass is 9.72. The SMILES string of the molecule is CCOC(=O)NNC(=O)C1=CO[C@@H](C)[C@@H]2CN3CCc4c([nH]c5ccccc45)[C@@H]3C[C@H]12. The van der Waals surface area contributed by atoms with E-state index in [1.165, 1.54) is 22.2 Å². The summed E-state index contributed by atoms with van der Waals surface area (Å²) in [4.78, 5) is 30.6. The Morgan fingerprint density at radius 2 is 2.13 bits per heavy atom. The Morgan fingerprint density at radius 1 is 1.29 bits per heavy atom. The number of para-hydroxylation sites is 1. The largest absolute Gasteiger partial charge is 0.497 e. The monoisotopic (exact) mass is 424 g/mol. The molecule has 0 unspecified atom stereocenters. The van der Waals surface area contributed by atoms with Gasteiger partial charge in [0.2, 0.25) is 0 Å².